The molecule has 2 aromatic carbocycles. The third-order valence-electron chi connectivity index (χ3n) is 3.60. The number of esters is 1. The Balaban J connectivity index is 2.12. The van der Waals surface area contributed by atoms with Crippen molar-refractivity contribution < 1.29 is 23.6 Å². The first-order valence-electron chi connectivity index (χ1n) is 7.88. The van der Waals surface area contributed by atoms with E-state index in [1.54, 1.807) is 0 Å². The zero-order valence-corrected chi connectivity index (χ0v) is 15.1. The Bertz CT molecular complexity index is 960. The van der Waals surface area contributed by atoms with E-state index in [1.807, 2.05) is 6.07 Å². The highest BCUT2D eigenvalue weighted by atomic mass is 35.5. The second kappa shape index (κ2) is 9.43. The van der Waals surface area contributed by atoms with Crippen LogP contribution in [0.25, 0.3) is 0 Å². The lowest BCUT2D eigenvalue weighted by Crippen LogP contribution is -2.36. The van der Waals surface area contributed by atoms with Gasteiger partial charge in [-0.25, -0.2) is 9.18 Å². The number of nitro benzene ring substituents is 1. The summed E-state index contributed by atoms with van der Waals surface area (Å²) < 4.78 is 18.9. The molecule has 0 bridgehead atoms. The standard InChI is InChI=1S/C18H13ClFN3O5/c19-14-10-12(23(26)27)6-7-13(14)18(25)28-11-17(24)22(9-3-8-21)16-5-2-1-4-15(16)20/h1-2,4-7,10H,3,9,11H2. The van der Waals surface area contributed by atoms with Crippen LogP contribution >= 0.6 is 11.6 Å². The van der Waals surface area contributed by atoms with Crippen LogP contribution in [-0.4, -0.2) is 30.0 Å². The van der Waals surface area contributed by atoms with Gasteiger partial charge in [0.1, 0.15) is 5.82 Å². The first-order chi connectivity index (χ1) is 13.3. The summed E-state index contributed by atoms with van der Waals surface area (Å²) in [6.07, 6.45) is -0.0534. The minimum atomic E-state index is -0.970. The van der Waals surface area contributed by atoms with E-state index in [0.29, 0.717) is 0 Å². The summed E-state index contributed by atoms with van der Waals surface area (Å²) in [6.45, 7) is -0.821. The van der Waals surface area contributed by atoms with Crippen LogP contribution in [0.15, 0.2) is 42.5 Å². The van der Waals surface area contributed by atoms with Gasteiger partial charge in [-0.05, 0) is 18.2 Å². The van der Waals surface area contributed by atoms with Gasteiger partial charge in [0.05, 0.1) is 33.7 Å². The Labute approximate surface area is 163 Å². The summed E-state index contributed by atoms with van der Waals surface area (Å²) >= 11 is 5.85. The van der Waals surface area contributed by atoms with Crippen LogP contribution in [0.1, 0.15) is 16.8 Å². The number of amides is 1. The van der Waals surface area contributed by atoms with Crippen LogP contribution in [0.2, 0.25) is 5.02 Å². The maximum Gasteiger partial charge on any atom is 0.340 e. The molecule has 0 fully saturated rings. The highest BCUT2D eigenvalue weighted by molar-refractivity contribution is 6.33. The first kappa shape index (κ1) is 20.8. The molecule has 0 aromatic heterocycles. The minimum Gasteiger partial charge on any atom is -0.452 e. The van der Waals surface area contributed by atoms with Crippen LogP contribution in [0, 0.1) is 27.3 Å². The summed E-state index contributed by atoms with van der Waals surface area (Å²) in [5.74, 6) is -2.38. The van der Waals surface area contributed by atoms with Crippen LogP contribution in [0.4, 0.5) is 15.8 Å². The van der Waals surface area contributed by atoms with Crippen molar-refractivity contribution in [2.75, 3.05) is 18.1 Å². The molecule has 2 aromatic rings. The Hall–Kier alpha value is -3.51. The molecule has 0 radical (unpaired) electrons. The zero-order chi connectivity index (χ0) is 20.7. The Morgan fingerprint density at radius 3 is 2.61 bits per heavy atom. The van der Waals surface area contributed by atoms with Crippen molar-refractivity contribution in [3.05, 3.63) is 69.0 Å². The summed E-state index contributed by atoms with van der Waals surface area (Å²) in [6, 6.07) is 10.5. The monoisotopic (exact) mass is 405 g/mol. The summed E-state index contributed by atoms with van der Waals surface area (Å²) in [5, 5.41) is 19.2. The molecular formula is C18H13ClFN3O5. The molecule has 0 heterocycles. The van der Waals surface area contributed by atoms with Crippen LogP contribution in [0.5, 0.6) is 0 Å². The van der Waals surface area contributed by atoms with Gasteiger partial charge in [0.2, 0.25) is 0 Å². The fourth-order valence-electron chi connectivity index (χ4n) is 2.28. The number of non-ortho nitro benzene ring substituents is 1. The van der Waals surface area contributed by atoms with Gasteiger partial charge in [-0.15, -0.1) is 0 Å². The molecule has 2 rings (SSSR count). The molecule has 0 aliphatic carbocycles. The molecule has 0 atom stereocenters. The van der Waals surface area contributed by atoms with Crippen molar-refractivity contribution >= 4 is 34.9 Å². The molecule has 8 nitrogen and oxygen atoms in total. The smallest absolute Gasteiger partial charge is 0.340 e. The van der Waals surface area contributed by atoms with E-state index < -0.39 is 29.2 Å². The molecular weight excluding hydrogens is 393 g/mol. The molecule has 0 aliphatic heterocycles. The zero-order valence-electron chi connectivity index (χ0n) is 14.3. The van der Waals surface area contributed by atoms with Crippen molar-refractivity contribution in [3.8, 4) is 6.07 Å². The van der Waals surface area contributed by atoms with Gasteiger partial charge in [0.25, 0.3) is 11.6 Å². The van der Waals surface area contributed by atoms with Gasteiger partial charge in [-0.2, -0.15) is 5.26 Å². The largest absolute Gasteiger partial charge is 0.452 e. The van der Waals surface area contributed by atoms with Gasteiger partial charge in [-0.3, -0.25) is 14.9 Å². The average Bonchev–Trinajstić information content (AvgIpc) is 2.67. The lowest BCUT2D eigenvalue weighted by Gasteiger charge is -2.22. The molecule has 28 heavy (non-hydrogen) atoms. The van der Waals surface area contributed by atoms with E-state index in [-0.39, 0.29) is 34.9 Å². The second-order valence-electron chi connectivity index (χ2n) is 5.40. The van der Waals surface area contributed by atoms with Gasteiger partial charge in [-0.1, -0.05) is 23.7 Å². The van der Waals surface area contributed by atoms with Crippen molar-refractivity contribution in [2.45, 2.75) is 6.42 Å². The van der Waals surface area contributed by atoms with E-state index in [2.05, 4.69) is 0 Å². The molecule has 0 aliphatic rings. The van der Waals surface area contributed by atoms with Gasteiger partial charge in [0, 0.05) is 18.7 Å². The third kappa shape index (κ3) is 5.02. The van der Waals surface area contributed by atoms with Gasteiger partial charge < -0.3 is 9.64 Å². The molecule has 0 saturated carbocycles. The van der Waals surface area contributed by atoms with Crippen molar-refractivity contribution in [1.82, 2.24) is 0 Å². The highest BCUT2D eigenvalue weighted by Crippen LogP contribution is 2.23. The van der Waals surface area contributed by atoms with Crippen molar-refractivity contribution in [1.29, 1.82) is 5.26 Å². The number of hydrogen-bond acceptors (Lipinski definition) is 6. The van der Waals surface area contributed by atoms with Crippen molar-refractivity contribution in [2.24, 2.45) is 0 Å². The number of halogens is 2. The van der Waals surface area contributed by atoms with Crippen LogP contribution < -0.4 is 4.90 Å². The molecule has 0 unspecified atom stereocenters. The van der Waals surface area contributed by atoms with E-state index >= 15 is 0 Å². The molecule has 144 valence electrons. The van der Waals surface area contributed by atoms with Crippen LogP contribution in [0.3, 0.4) is 0 Å². The predicted octanol–water partition coefficient (Wildman–Crippen LogP) is 3.49. The summed E-state index contributed by atoms with van der Waals surface area (Å²) in [7, 11) is 0. The summed E-state index contributed by atoms with van der Waals surface area (Å²) in [5.41, 5.74) is -0.512. The van der Waals surface area contributed by atoms with Crippen molar-refractivity contribution in [3.63, 3.8) is 0 Å². The maximum absolute atomic E-state index is 14.0. The number of anilines is 1. The fourth-order valence-corrected chi connectivity index (χ4v) is 2.53. The van der Waals surface area contributed by atoms with Crippen LogP contribution in [-0.2, 0) is 9.53 Å². The van der Waals surface area contributed by atoms with E-state index in [4.69, 9.17) is 21.6 Å². The highest BCUT2D eigenvalue weighted by Gasteiger charge is 2.22. The number of nitro groups is 1. The maximum atomic E-state index is 14.0. The average molecular weight is 406 g/mol. The molecule has 0 saturated heterocycles. The Kier molecular flexibility index (Phi) is 7.01. The number of carbonyl (C=O) groups excluding carboxylic acids is 2. The minimum absolute atomic E-state index is 0.0489. The Morgan fingerprint density at radius 1 is 1.29 bits per heavy atom. The van der Waals surface area contributed by atoms with E-state index in [1.165, 1.54) is 18.2 Å². The summed E-state index contributed by atoms with van der Waals surface area (Å²) in [4.78, 5) is 35.6. The topological polar surface area (TPSA) is 114 Å². The fraction of sp³-hybridized carbons (Fsp3) is 0.167. The molecule has 0 N–H and O–H groups in total. The quantitative estimate of drug-likeness (QED) is 0.395. The van der Waals surface area contributed by atoms with E-state index in [9.17, 15) is 24.1 Å². The lowest BCUT2D eigenvalue weighted by molar-refractivity contribution is -0.384. The Morgan fingerprint density at radius 2 is 2.00 bits per heavy atom. The number of nitriles is 1. The molecule has 0 spiro atoms. The third-order valence-corrected chi connectivity index (χ3v) is 3.91. The number of nitrogens with zero attached hydrogens (tertiary/aromatic N) is 3. The molecule has 1 amide bonds. The SMILES string of the molecule is N#CCCN(C(=O)COC(=O)c1ccc([N+](=O)[O-])cc1Cl)c1ccccc1F. The van der Waals surface area contributed by atoms with Gasteiger partial charge >= 0.3 is 5.97 Å². The number of hydrogen-bond donors (Lipinski definition) is 0. The van der Waals surface area contributed by atoms with E-state index in [0.717, 1.165) is 29.2 Å². The number of ether oxygens (including phenoxy) is 1. The molecule has 10 heteroatoms. The predicted molar refractivity (Wildman–Crippen MR) is 97.4 cm³/mol. The lowest BCUT2D eigenvalue weighted by atomic mass is 10.2. The normalized spacial score (nSPS) is 10.0. The second-order valence-corrected chi connectivity index (χ2v) is 5.81. The number of rotatable bonds is 7. The number of carbonyl (C=O) groups is 2. The first-order valence-corrected chi connectivity index (χ1v) is 8.26. The number of benzene rings is 2. The number of para-hydroxylation sites is 1. The van der Waals surface area contributed by atoms with Gasteiger partial charge in [0.15, 0.2) is 6.61 Å².